The highest BCUT2D eigenvalue weighted by molar-refractivity contribution is 7.99. The maximum absolute atomic E-state index is 10.9. The largest absolute Gasteiger partial charge is 0.469 e. The van der Waals surface area contributed by atoms with E-state index in [4.69, 9.17) is 0 Å². The summed E-state index contributed by atoms with van der Waals surface area (Å²) in [4.78, 5) is 10.9. The lowest BCUT2D eigenvalue weighted by atomic mass is 10.1. The van der Waals surface area contributed by atoms with Crippen molar-refractivity contribution in [1.29, 1.82) is 0 Å². The third-order valence-corrected chi connectivity index (χ3v) is 4.59. The van der Waals surface area contributed by atoms with E-state index < -0.39 is 0 Å². The van der Waals surface area contributed by atoms with Crippen molar-refractivity contribution in [2.45, 2.75) is 77.2 Å². The Morgan fingerprint density at radius 3 is 2.59 bits per heavy atom. The van der Waals surface area contributed by atoms with E-state index in [1.807, 2.05) is 0 Å². The van der Waals surface area contributed by atoms with Gasteiger partial charge < -0.3 is 9.84 Å². The number of allylic oxidation sites excluding steroid dienone is 1. The molecule has 0 aromatic heterocycles. The summed E-state index contributed by atoms with van der Waals surface area (Å²) in [6, 6.07) is 0. The van der Waals surface area contributed by atoms with Crippen LogP contribution in [-0.2, 0) is 9.53 Å². The number of carbonyl (C=O) groups is 1. The highest BCUT2D eigenvalue weighted by Gasteiger charge is 2.03. The van der Waals surface area contributed by atoms with Gasteiger partial charge >= 0.3 is 5.97 Å². The quantitative estimate of drug-likeness (QED) is 0.268. The number of ether oxygens (including phenoxy) is 1. The molecule has 0 spiro atoms. The lowest BCUT2D eigenvalue weighted by Gasteiger charge is -2.07. The van der Waals surface area contributed by atoms with Crippen LogP contribution in [0.15, 0.2) is 12.2 Å². The van der Waals surface area contributed by atoms with Crippen molar-refractivity contribution < 1.29 is 14.6 Å². The molecule has 0 radical (unpaired) electrons. The van der Waals surface area contributed by atoms with Crippen molar-refractivity contribution in [3.05, 3.63) is 12.2 Å². The summed E-state index contributed by atoms with van der Waals surface area (Å²) in [5, 5.41) is 9.85. The van der Waals surface area contributed by atoms with Gasteiger partial charge in [-0.25, -0.2) is 0 Å². The van der Waals surface area contributed by atoms with Crippen LogP contribution in [0.1, 0.15) is 71.1 Å². The smallest absolute Gasteiger partial charge is 0.306 e. The molecule has 0 fully saturated rings. The molecule has 0 rings (SSSR count). The second-order valence-electron chi connectivity index (χ2n) is 5.64. The minimum absolute atomic E-state index is 0.161. The minimum atomic E-state index is -0.258. The molecule has 0 aliphatic heterocycles. The molecule has 0 aliphatic carbocycles. The number of esters is 1. The van der Waals surface area contributed by atoms with Gasteiger partial charge in [-0.15, -0.1) is 0 Å². The third-order valence-electron chi connectivity index (χ3n) is 3.57. The summed E-state index contributed by atoms with van der Waals surface area (Å²) >= 11 is 1.70. The summed E-state index contributed by atoms with van der Waals surface area (Å²) in [5.74, 6) is 1.50. The molecule has 0 saturated carbocycles. The van der Waals surface area contributed by atoms with Crippen molar-refractivity contribution in [2.24, 2.45) is 0 Å². The lowest BCUT2D eigenvalue weighted by Crippen LogP contribution is -2.07. The van der Waals surface area contributed by atoms with Crippen LogP contribution < -0.4 is 0 Å². The van der Waals surface area contributed by atoms with Gasteiger partial charge in [0, 0.05) is 5.75 Å². The second kappa shape index (κ2) is 16.9. The Morgan fingerprint density at radius 2 is 1.86 bits per heavy atom. The topological polar surface area (TPSA) is 46.5 Å². The third kappa shape index (κ3) is 15.9. The first-order valence-electron chi connectivity index (χ1n) is 8.68. The van der Waals surface area contributed by atoms with Crippen molar-refractivity contribution in [3.63, 3.8) is 0 Å². The predicted octanol–water partition coefficient (Wildman–Crippen LogP) is 4.73. The Morgan fingerprint density at radius 1 is 1.14 bits per heavy atom. The zero-order chi connectivity index (χ0) is 16.5. The van der Waals surface area contributed by atoms with Gasteiger partial charge in [0.25, 0.3) is 0 Å². The molecule has 3 nitrogen and oxygen atoms in total. The molecule has 22 heavy (non-hydrogen) atoms. The van der Waals surface area contributed by atoms with Gasteiger partial charge in [0.15, 0.2) is 0 Å². The number of rotatable bonds is 15. The van der Waals surface area contributed by atoms with Crippen LogP contribution in [0.4, 0.5) is 0 Å². The summed E-state index contributed by atoms with van der Waals surface area (Å²) in [7, 11) is 1.41. The number of hydrogen-bond acceptors (Lipinski definition) is 4. The Labute approximate surface area is 140 Å². The molecule has 1 N–H and O–H groups in total. The fraction of sp³-hybridized carbons (Fsp3) is 0.833. The average Bonchev–Trinajstić information content (AvgIpc) is 2.52. The fourth-order valence-electron chi connectivity index (χ4n) is 2.11. The van der Waals surface area contributed by atoms with Crippen molar-refractivity contribution in [3.8, 4) is 0 Å². The van der Waals surface area contributed by atoms with E-state index in [0.29, 0.717) is 6.42 Å². The number of unbranched alkanes of at least 4 members (excludes halogenated alkanes) is 6. The molecule has 0 amide bonds. The number of carbonyl (C=O) groups excluding carboxylic acids is 1. The van der Waals surface area contributed by atoms with E-state index >= 15 is 0 Å². The molecule has 0 heterocycles. The molecule has 1 unspecified atom stereocenters. The number of thioether (sulfide) groups is 1. The van der Waals surface area contributed by atoms with E-state index in [1.54, 1.807) is 11.8 Å². The van der Waals surface area contributed by atoms with E-state index in [-0.39, 0.29) is 12.1 Å². The van der Waals surface area contributed by atoms with E-state index in [9.17, 15) is 9.90 Å². The fourth-order valence-corrected chi connectivity index (χ4v) is 3.06. The van der Waals surface area contributed by atoms with Gasteiger partial charge in [-0.2, -0.15) is 11.8 Å². The van der Waals surface area contributed by atoms with Crippen LogP contribution in [0.5, 0.6) is 0 Å². The number of aliphatic hydroxyl groups is 1. The SMILES string of the molecule is CCCCCCCC/C=C/CC(O)CCSCCC(=O)OC. The molecule has 0 aromatic carbocycles. The molecule has 4 heteroatoms. The minimum Gasteiger partial charge on any atom is -0.469 e. The first-order valence-corrected chi connectivity index (χ1v) is 9.83. The van der Waals surface area contributed by atoms with E-state index in [0.717, 1.165) is 30.8 Å². The number of hydrogen-bond donors (Lipinski definition) is 1. The van der Waals surface area contributed by atoms with Crippen LogP contribution >= 0.6 is 11.8 Å². The van der Waals surface area contributed by atoms with Gasteiger partial charge in [-0.05, 0) is 31.4 Å². The molecule has 0 aliphatic rings. The van der Waals surface area contributed by atoms with E-state index in [1.165, 1.54) is 45.6 Å². The molecule has 0 bridgehead atoms. The Balaban J connectivity index is 3.32. The van der Waals surface area contributed by atoms with Gasteiger partial charge in [0.05, 0.1) is 19.6 Å². The summed E-state index contributed by atoms with van der Waals surface area (Å²) < 4.78 is 4.58. The van der Waals surface area contributed by atoms with Crippen LogP contribution in [0.25, 0.3) is 0 Å². The monoisotopic (exact) mass is 330 g/mol. The lowest BCUT2D eigenvalue weighted by molar-refractivity contribution is -0.140. The molecular formula is C18H34O3S. The molecule has 130 valence electrons. The molecule has 0 saturated heterocycles. The van der Waals surface area contributed by atoms with Crippen molar-refractivity contribution >= 4 is 17.7 Å². The first kappa shape index (κ1) is 21.5. The van der Waals surface area contributed by atoms with Gasteiger partial charge in [0.1, 0.15) is 0 Å². The van der Waals surface area contributed by atoms with Crippen LogP contribution in [0.3, 0.4) is 0 Å². The number of aliphatic hydroxyl groups excluding tert-OH is 1. The Bertz CT molecular complexity index is 280. The molecule has 1 atom stereocenters. The average molecular weight is 331 g/mol. The van der Waals surface area contributed by atoms with Crippen LogP contribution in [-0.4, -0.2) is 35.8 Å². The predicted molar refractivity (Wildman–Crippen MR) is 96.3 cm³/mol. The molecular weight excluding hydrogens is 296 g/mol. The zero-order valence-electron chi connectivity index (χ0n) is 14.4. The Hall–Kier alpha value is -0.480. The van der Waals surface area contributed by atoms with Gasteiger partial charge in [0.2, 0.25) is 0 Å². The normalized spacial score (nSPS) is 12.7. The summed E-state index contributed by atoms with van der Waals surface area (Å²) in [6.45, 7) is 2.24. The molecule has 0 aromatic rings. The highest BCUT2D eigenvalue weighted by Crippen LogP contribution is 2.10. The Kier molecular flexibility index (Phi) is 16.5. The summed E-state index contributed by atoms with van der Waals surface area (Å²) in [6.07, 6.45) is 15.1. The maximum Gasteiger partial charge on any atom is 0.306 e. The number of methoxy groups -OCH3 is 1. The van der Waals surface area contributed by atoms with Gasteiger partial charge in [-0.1, -0.05) is 51.2 Å². The maximum atomic E-state index is 10.9. The summed E-state index contributed by atoms with van der Waals surface area (Å²) in [5.41, 5.74) is 0. The second-order valence-corrected chi connectivity index (χ2v) is 6.87. The van der Waals surface area contributed by atoms with Crippen molar-refractivity contribution in [1.82, 2.24) is 0 Å². The van der Waals surface area contributed by atoms with E-state index in [2.05, 4.69) is 23.8 Å². The van der Waals surface area contributed by atoms with Gasteiger partial charge in [-0.3, -0.25) is 4.79 Å². The van der Waals surface area contributed by atoms with Crippen molar-refractivity contribution in [2.75, 3.05) is 18.6 Å². The first-order chi connectivity index (χ1) is 10.7. The standard InChI is InChI=1S/C18H34O3S/c1-3-4-5-6-7-8-9-10-11-12-17(19)13-15-22-16-14-18(20)21-2/h10-11,17,19H,3-9,12-16H2,1-2H3/b11-10+. The van der Waals surface area contributed by atoms with Crippen LogP contribution in [0.2, 0.25) is 0 Å². The highest BCUT2D eigenvalue weighted by atomic mass is 32.2. The zero-order valence-corrected chi connectivity index (χ0v) is 15.2. The van der Waals surface area contributed by atoms with Crippen LogP contribution in [0, 0.1) is 0 Å².